The van der Waals surface area contributed by atoms with Gasteiger partial charge < -0.3 is 0 Å². The number of hydrazine groups is 1. The molecule has 2 aromatic rings. The Labute approximate surface area is 195 Å². The molecule has 0 bridgehead atoms. The van der Waals surface area contributed by atoms with Gasteiger partial charge in [0.1, 0.15) is 6.54 Å². The number of hydrogen-bond acceptors (Lipinski definition) is 4. The van der Waals surface area contributed by atoms with Gasteiger partial charge in [-0.2, -0.15) is 5.01 Å². The van der Waals surface area contributed by atoms with Gasteiger partial charge in [-0.1, -0.05) is 47.0 Å². The Morgan fingerprint density at radius 2 is 1.66 bits per heavy atom. The zero-order chi connectivity index (χ0) is 23.0. The summed E-state index contributed by atoms with van der Waals surface area (Å²) in [4.78, 5) is 52.9. The molecule has 1 saturated heterocycles. The Balaban J connectivity index is 1.71. The van der Waals surface area contributed by atoms with E-state index < -0.39 is 41.9 Å². The second kappa shape index (κ2) is 8.88. The van der Waals surface area contributed by atoms with E-state index in [2.05, 4.69) is 0 Å². The first-order valence-electron chi connectivity index (χ1n) is 10.2. The first-order valence-corrected chi connectivity index (χ1v) is 10.9. The van der Waals surface area contributed by atoms with E-state index >= 15 is 0 Å². The van der Waals surface area contributed by atoms with Crippen LogP contribution in [0, 0.1) is 11.8 Å². The molecule has 0 saturated carbocycles. The van der Waals surface area contributed by atoms with E-state index in [0.717, 1.165) is 15.6 Å². The van der Waals surface area contributed by atoms with Crippen LogP contribution >= 0.6 is 23.2 Å². The van der Waals surface area contributed by atoms with Gasteiger partial charge in [0.2, 0.25) is 0 Å². The summed E-state index contributed by atoms with van der Waals surface area (Å²) in [5, 5.41) is 2.40. The van der Waals surface area contributed by atoms with Crippen LogP contribution in [0.5, 0.6) is 0 Å². The van der Waals surface area contributed by atoms with Gasteiger partial charge >= 0.3 is 0 Å². The first-order chi connectivity index (χ1) is 15.3. The van der Waals surface area contributed by atoms with Gasteiger partial charge in [0, 0.05) is 10.6 Å². The first kappa shape index (κ1) is 22.2. The number of imide groups is 1. The minimum atomic E-state index is -0.692. The van der Waals surface area contributed by atoms with Crippen molar-refractivity contribution in [2.75, 3.05) is 6.54 Å². The van der Waals surface area contributed by atoms with E-state index in [9.17, 15) is 19.2 Å². The molecule has 3 amide bonds. The van der Waals surface area contributed by atoms with Crippen LogP contribution in [0.15, 0.2) is 60.2 Å². The van der Waals surface area contributed by atoms with Gasteiger partial charge in [-0.05, 0) is 56.2 Å². The van der Waals surface area contributed by atoms with Crippen molar-refractivity contribution in [1.82, 2.24) is 10.0 Å². The quantitative estimate of drug-likeness (QED) is 0.364. The molecular weight excluding hydrogens is 451 g/mol. The summed E-state index contributed by atoms with van der Waals surface area (Å²) in [6.45, 7) is 1.42. The van der Waals surface area contributed by atoms with Crippen LogP contribution in [-0.4, -0.2) is 40.1 Å². The van der Waals surface area contributed by atoms with E-state index in [1.54, 1.807) is 24.3 Å². The average molecular weight is 471 g/mol. The number of amides is 3. The number of hydrogen-bond donors (Lipinski definition) is 0. The maximum Gasteiger partial charge on any atom is 0.274 e. The number of allylic oxidation sites excluding steroid dienone is 2. The van der Waals surface area contributed by atoms with Gasteiger partial charge in [-0.3, -0.25) is 19.2 Å². The number of rotatable bonds is 5. The Morgan fingerprint density at radius 1 is 1.00 bits per heavy atom. The summed E-state index contributed by atoms with van der Waals surface area (Å²) >= 11 is 12.1. The minimum absolute atomic E-state index is 0.0999. The summed E-state index contributed by atoms with van der Waals surface area (Å²) in [6.07, 6.45) is 2.82. The predicted octanol–water partition coefficient (Wildman–Crippen LogP) is 4.57. The lowest BCUT2D eigenvalue weighted by Crippen LogP contribution is -2.52. The molecule has 4 rings (SSSR count). The number of carbonyl (C=O) groups is 4. The second-order valence-electron chi connectivity index (χ2n) is 7.96. The van der Waals surface area contributed by atoms with Gasteiger partial charge in [-0.15, -0.1) is 0 Å². The highest BCUT2D eigenvalue weighted by atomic mass is 35.5. The number of Topliss-reactive ketones (excluding diaryl/α,β-unsaturated/α-hetero) is 1. The van der Waals surface area contributed by atoms with Gasteiger partial charge in [0.15, 0.2) is 5.78 Å². The maximum absolute atomic E-state index is 13.4. The van der Waals surface area contributed by atoms with Crippen molar-refractivity contribution >= 4 is 46.7 Å². The fraction of sp³-hybridized carbons (Fsp3) is 0.250. The van der Waals surface area contributed by atoms with E-state index in [1.165, 1.54) is 24.3 Å². The fourth-order valence-electron chi connectivity index (χ4n) is 4.13. The molecule has 0 spiro atoms. The third kappa shape index (κ3) is 4.08. The predicted molar refractivity (Wildman–Crippen MR) is 120 cm³/mol. The normalized spacial score (nSPS) is 20.1. The zero-order valence-electron chi connectivity index (χ0n) is 17.3. The third-order valence-corrected chi connectivity index (χ3v) is 6.42. The minimum Gasteiger partial charge on any atom is -0.292 e. The molecule has 2 aromatic carbocycles. The molecule has 164 valence electrons. The molecule has 8 heteroatoms. The Kier molecular flexibility index (Phi) is 6.17. The van der Waals surface area contributed by atoms with E-state index in [-0.39, 0.29) is 10.6 Å². The molecule has 1 aliphatic carbocycles. The van der Waals surface area contributed by atoms with E-state index in [1.807, 2.05) is 13.0 Å². The number of nitrogens with zero attached hydrogens (tertiary/aromatic N) is 2. The van der Waals surface area contributed by atoms with Crippen LogP contribution in [0.4, 0.5) is 0 Å². The SMILES string of the molecule is CC1=CC[C@H]2C(=O)N(N(CC(=O)c3ccc(Cl)cc3)C(=O)c3ccccc3Cl)C(=O)[C@H]2C1. The van der Waals surface area contributed by atoms with Crippen LogP contribution in [0.2, 0.25) is 10.0 Å². The molecule has 0 N–H and O–H groups in total. The lowest BCUT2D eigenvalue weighted by Gasteiger charge is -2.30. The highest BCUT2D eigenvalue weighted by Gasteiger charge is 2.51. The van der Waals surface area contributed by atoms with E-state index in [4.69, 9.17) is 23.2 Å². The largest absolute Gasteiger partial charge is 0.292 e. The molecule has 6 nitrogen and oxygen atoms in total. The number of halogens is 2. The van der Waals surface area contributed by atoms with Gasteiger partial charge in [0.25, 0.3) is 17.7 Å². The lowest BCUT2D eigenvalue weighted by molar-refractivity contribution is -0.154. The van der Waals surface area contributed by atoms with Gasteiger partial charge in [-0.25, -0.2) is 5.01 Å². The van der Waals surface area contributed by atoms with Crippen molar-refractivity contribution in [3.63, 3.8) is 0 Å². The maximum atomic E-state index is 13.4. The van der Waals surface area contributed by atoms with Crippen LogP contribution in [0.3, 0.4) is 0 Å². The molecule has 2 atom stereocenters. The summed E-state index contributed by atoms with van der Waals surface area (Å²) in [5.41, 5.74) is 1.43. The molecular formula is C24H20Cl2N2O4. The zero-order valence-corrected chi connectivity index (χ0v) is 18.8. The molecule has 32 heavy (non-hydrogen) atoms. The van der Waals surface area contributed by atoms with Crippen LogP contribution in [0.1, 0.15) is 40.5 Å². The van der Waals surface area contributed by atoms with Crippen LogP contribution in [0.25, 0.3) is 0 Å². The smallest absolute Gasteiger partial charge is 0.274 e. The van der Waals surface area contributed by atoms with Crippen molar-refractivity contribution in [3.8, 4) is 0 Å². The van der Waals surface area contributed by atoms with Crippen molar-refractivity contribution in [3.05, 3.63) is 81.4 Å². The van der Waals surface area contributed by atoms with Crippen molar-refractivity contribution in [1.29, 1.82) is 0 Å². The molecule has 0 aromatic heterocycles. The van der Waals surface area contributed by atoms with Crippen LogP contribution < -0.4 is 0 Å². The molecule has 0 radical (unpaired) electrons. The number of fused-ring (bicyclic) bond motifs is 1. The standard InChI is InChI=1S/C24H20Cl2N2O4/c1-14-6-11-17-19(12-14)24(32)28(23(17)31)27(22(30)18-4-2-3-5-20(18)26)13-21(29)15-7-9-16(25)10-8-15/h2-10,17,19H,11-13H2,1H3/t17-,19+/m1/s1. The third-order valence-electron chi connectivity index (χ3n) is 5.84. The highest BCUT2D eigenvalue weighted by Crippen LogP contribution is 2.38. The fourth-order valence-corrected chi connectivity index (χ4v) is 4.47. The molecule has 2 aliphatic rings. The summed E-state index contributed by atoms with van der Waals surface area (Å²) < 4.78 is 0. The summed E-state index contributed by atoms with van der Waals surface area (Å²) in [7, 11) is 0. The number of benzene rings is 2. The van der Waals surface area contributed by atoms with Crippen molar-refractivity contribution in [2.45, 2.75) is 19.8 Å². The Morgan fingerprint density at radius 3 is 2.34 bits per heavy atom. The van der Waals surface area contributed by atoms with Crippen molar-refractivity contribution in [2.24, 2.45) is 11.8 Å². The lowest BCUT2D eigenvalue weighted by atomic mass is 9.82. The molecule has 0 unspecified atom stereocenters. The molecule has 1 heterocycles. The van der Waals surface area contributed by atoms with Gasteiger partial charge in [0.05, 0.1) is 22.4 Å². The van der Waals surface area contributed by atoms with Crippen molar-refractivity contribution < 1.29 is 19.2 Å². The molecule has 1 aliphatic heterocycles. The Bertz CT molecular complexity index is 1140. The molecule has 1 fully saturated rings. The second-order valence-corrected chi connectivity index (χ2v) is 8.81. The topological polar surface area (TPSA) is 74.8 Å². The summed E-state index contributed by atoms with van der Waals surface area (Å²) in [6, 6.07) is 12.5. The Hall–Kier alpha value is -2.96. The van der Waals surface area contributed by atoms with E-state index in [0.29, 0.717) is 23.4 Å². The average Bonchev–Trinajstić information content (AvgIpc) is 3.01. The highest BCUT2D eigenvalue weighted by molar-refractivity contribution is 6.34. The summed E-state index contributed by atoms with van der Waals surface area (Å²) in [5.74, 6) is -3.17. The van der Waals surface area contributed by atoms with Crippen LogP contribution in [-0.2, 0) is 9.59 Å². The number of carbonyl (C=O) groups excluding carboxylic acids is 4. The monoisotopic (exact) mass is 470 g/mol. The number of ketones is 1.